The number of carbonyl (C=O) groups excluding carboxylic acids is 2. The Morgan fingerprint density at radius 1 is 1.14 bits per heavy atom. The molecule has 8 nitrogen and oxygen atoms in total. The van der Waals surface area contributed by atoms with Gasteiger partial charge in [0.25, 0.3) is 0 Å². The van der Waals surface area contributed by atoms with E-state index in [1.165, 1.54) is 17.0 Å². The summed E-state index contributed by atoms with van der Waals surface area (Å²) in [6.07, 6.45) is 3.46. The fourth-order valence-electron chi connectivity index (χ4n) is 4.01. The average molecular weight is 494 g/mol. The van der Waals surface area contributed by atoms with Gasteiger partial charge in [-0.05, 0) is 57.9 Å². The highest BCUT2D eigenvalue weighted by molar-refractivity contribution is 5.93. The van der Waals surface area contributed by atoms with Crippen molar-refractivity contribution in [3.63, 3.8) is 0 Å². The zero-order chi connectivity index (χ0) is 25.7. The molecule has 1 saturated heterocycles. The van der Waals surface area contributed by atoms with Crippen molar-refractivity contribution in [3.05, 3.63) is 66.6 Å². The molecule has 2 heterocycles. The van der Waals surface area contributed by atoms with Crippen LogP contribution in [-0.4, -0.2) is 57.7 Å². The van der Waals surface area contributed by atoms with Gasteiger partial charge in [-0.3, -0.25) is 14.7 Å². The lowest BCUT2D eigenvalue weighted by Crippen LogP contribution is -2.52. The van der Waals surface area contributed by atoms with E-state index in [9.17, 15) is 14.0 Å². The first-order valence-electron chi connectivity index (χ1n) is 12.1. The minimum absolute atomic E-state index is 0.102. The number of halogens is 1. The van der Waals surface area contributed by atoms with E-state index in [0.717, 1.165) is 18.4 Å². The van der Waals surface area contributed by atoms with Crippen molar-refractivity contribution in [1.29, 1.82) is 0 Å². The van der Waals surface area contributed by atoms with Crippen LogP contribution in [-0.2, 0) is 9.53 Å². The highest BCUT2D eigenvalue weighted by Gasteiger charge is 2.27. The molecule has 1 aliphatic heterocycles. The van der Waals surface area contributed by atoms with Crippen LogP contribution in [0, 0.1) is 5.82 Å². The van der Waals surface area contributed by atoms with E-state index in [0.29, 0.717) is 24.5 Å². The normalized spacial score (nSPS) is 15.5. The molecule has 36 heavy (non-hydrogen) atoms. The van der Waals surface area contributed by atoms with Gasteiger partial charge in [0.2, 0.25) is 11.9 Å². The third kappa shape index (κ3) is 6.69. The van der Waals surface area contributed by atoms with E-state index in [1.807, 2.05) is 51.1 Å². The molecule has 0 saturated carbocycles. The Hall–Kier alpha value is -3.72. The van der Waals surface area contributed by atoms with Gasteiger partial charge >= 0.3 is 6.03 Å². The van der Waals surface area contributed by atoms with Gasteiger partial charge in [0, 0.05) is 36.1 Å². The van der Waals surface area contributed by atoms with E-state index < -0.39 is 11.4 Å². The number of carbonyl (C=O) groups is 2. The topological polar surface area (TPSA) is 88.5 Å². The fraction of sp³-hybridized carbons (Fsp3) is 0.370. The molecule has 9 heteroatoms. The number of nitrogens with one attached hydrogen (secondary N) is 2. The van der Waals surface area contributed by atoms with Crippen molar-refractivity contribution in [2.75, 3.05) is 25.0 Å². The Kier molecular flexibility index (Phi) is 7.69. The first-order chi connectivity index (χ1) is 17.2. The number of amides is 3. The first kappa shape index (κ1) is 25.4. The molecular weight excluding hydrogens is 461 g/mol. The molecular formula is C27H32FN5O3. The maximum atomic E-state index is 13.5. The number of aromatic nitrogens is 2. The zero-order valence-corrected chi connectivity index (χ0v) is 20.8. The fourth-order valence-corrected chi connectivity index (χ4v) is 4.01. The van der Waals surface area contributed by atoms with Crippen LogP contribution in [0.2, 0.25) is 0 Å². The van der Waals surface area contributed by atoms with E-state index in [4.69, 9.17) is 4.74 Å². The zero-order valence-electron chi connectivity index (χ0n) is 20.8. The smallest absolute Gasteiger partial charge is 0.318 e. The first-order valence-corrected chi connectivity index (χ1v) is 12.1. The van der Waals surface area contributed by atoms with Crippen LogP contribution in [0.25, 0.3) is 16.9 Å². The molecule has 1 atom stereocenters. The summed E-state index contributed by atoms with van der Waals surface area (Å²) >= 11 is 0. The van der Waals surface area contributed by atoms with Crippen molar-refractivity contribution in [1.82, 2.24) is 19.8 Å². The largest absolute Gasteiger partial charge is 0.376 e. The Bertz CT molecular complexity index is 1180. The lowest BCUT2D eigenvalue weighted by atomic mass is 10.1. The third-order valence-corrected chi connectivity index (χ3v) is 5.68. The monoisotopic (exact) mass is 493 g/mol. The van der Waals surface area contributed by atoms with Crippen molar-refractivity contribution >= 4 is 17.9 Å². The molecule has 4 rings (SSSR count). The summed E-state index contributed by atoms with van der Waals surface area (Å²) in [5.74, 6) is -0.480. The quantitative estimate of drug-likeness (QED) is 0.503. The number of imidazole rings is 1. The predicted octanol–water partition coefficient (Wildman–Crippen LogP) is 4.61. The standard InChI is InChI=1S/C27H32FN5O3/c1-27(2,3)31-26(35)32(16-22-10-7-15-36-22)18-24(34)30-25-29-23(19-8-5-4-6-9-19)17-33(25)21-13-11-20(28)12-14-21/h4-6,8-9,11-14,17,22H,7,10,15-16,18H2,1-3H3,(H,31,35)(H,29,30,34)/t22-/m1/s1. The third-order valence-electron chi connectivity index (χ3n) is 5.68. The van der Waals surface area contributed by atoms with Gasteiger partial charge in [-0.1, -0.05) is 30.3 Å². The molecule has 1 fully saturated rings. The summed E-state index contributed by atoms with van der Waals surface area (Å²) in [6, 6.07) is 15.2. The summed E-state index contributed by atoms with van der Waals surface area (Å²) < 4.78 is 20.9. The summed E-state index contributed by atoms with van der Waals surface area (Å²) in [7, 11) is 0. The SMILES string of the molecule is CC(C)(C)NC(=O)N(CC(=O)Nc1nc(-c2ccccc2)cn1-c1ccc(F)cc1)C[C@H]1CCCO1. The highest BCUT2D eigenvalue weighted by atomic mass is 19.1. The molecule has 2 aromatic carbocycles. The Morgan fingerprint density at radius 3 is 2.50 bits per heavy atom. The number of hydrogen-bond donors (Lipinski definition) is 2. The van der Waals surface area contributed by atoms with Gasteiger partial charge in [-0.2, -0.15) is 0 Å². The van der Waals surface area contributed by atoms with Crippen LogP contribution in [0.15, 0.2) is 60.8 Å². The molecule has 0 bridgehead atoms. The summed E-state index contributed by atoms with van der Waals surface area (Å²) in [6.45, 7) is 6.47. The number of rotatable bonds is 7. The number of benzene rings is 2. The molecule has 0 radical (unpaired) electrons. The summed E-state index contributed by atoms with van der Waals surface area (Å²) in [5, 5.41) is 5.77. The number of hydrogen-bond acceptors (Lipinski definition) is 4. The van der Waals surface area contributed by atoms with Gasteiger partial charge in [0.1, 0.15) is 12.4 Å². The maximum absolute atomic E-state index is 13.5. The minimum atomic E-state index is -0.453. The van der Waals surface area contributed by atoms with Crippen LogP contribution in [0.4, 0.5) is 15.1 Å². The van der Waals surface area contributed by atoms with E-state index in [1.54, 1.807) is 22.9 Å². The van der Waals surface area contributed by atoms with Crippen LogP contribution in [0.3, 0.4) is 0 Å². The van der Waals surface area contributed by atoms with Crippen LogP contribution in [0.5, 0.6) is 0 Å². The number of nitrogens with zero attached hydrogens (tertiary/aromatic N) is 3. The number of ether oxygens (including phenoxy) is 1. The second-order valence-electron chi connectivity index (χ2n) is 9.91. The molecule has 0 aliphatic carbocycles. The van der Waals surface area contributed by atoms with Crippen molar-refractivity contribution in [2.45, 2.75) is 45.3 Å². The molecule has 2 N–H and O–H groups in total. The maximum Gasteiger partial charge on any atom is 0.318 e. The van der Waals surface area contributed by atoms with E-state index in [-0.39, 0.29) is 30.4 Å². The molecule has 3 aromatic rings. The minimum Gasteiger partial charge on any atom is -0.376 e. The molecule has 1 aliphatic rings. The van der Waals surface area contributed by atoms with Crippen LogP contribution >= 0.6 is 0 Å². The second kappa shape index (κ2) is 10.9. The van der Waals surface area contributed by atoms with Crippen molar-refractivity contribution in [3.8, 4) is 16.9 Å². The Morgan fingerprint density at radius 2 is 1.86 bits per heavy atom. The van der Waals surface area contributed by atoms with Crippen molar-refractivity contribution in [2.24, 2.45) is 0 Å². The number of anilines is 1. The molecule has 3 amide bonds. The second-order valence-corrected chi connectivity index (χ2v) is 9.91. The van der Waals surface area contributed by atoms with Crippen LogP contribution < -0.4 is 10.6 Å². The van der Waals surface area contributed by atoms with Gasteiger partial charge in [-0.15, -0.1) is 0 Å². The van der Waals surface area contributed by atoms with Crippen LogP contribution in [0.1, 0.15) is 33.6 Å². The lowest BCUT2D eigenvalue weighted by Gasteiger charge is -2.29. The molecule has 0 spiro atoms. The predicted molar refractivity (Wildman–Crippen MR) is 136 cm³/mol. The number of urea groups is 1. The molecule has 190 valence electrons. The van der Waals surface area contributed by atoms with Gasteiger partial charge in [0.05, 0.1) is 11.8 Å². The molecule has 1 aromatic heterocycles. The molecule has 0 unspecified atom stereocenters. The van der Waals surface area contributed by atoms with E-state index in [2.05, 4.69) is 15.6 Å². The average Bonchev–Trinajstić information content (AvgIpc) is 3.49. The van der Waals surface area contributed by atoms with Gasteiger partial charge in [0.15, 0.2) is 0 Å². The lowest BCUT2D eigenvalue weighted by molar-refractivity contribution is -0.117. The van der Waals surface area contributed by atoms with E-state index >= 15 is 0 Å². The van der Waals surface area contributed by atoms with Gasteiger partial charge < -0.3 is 15.0 Å². The highest BCUT2D eigenvalue weighted by Crippen LogP contribution is 2.24. The summed E-state index contributed by atoms with van der Waals surface area (Å²) in [5.41, 5.74) is 1.71. The van der Waals surface area contributed by atoms with Crippen molar-refractivity contribution < 1.29 is 18.7 Å². The Labute approximate surface area is 210 Å². The summed E-state index contributed by atoms with van der Waals surface area (Å²) in [4.78, 5) is 32.2. The Balaban J connectivity index is 1.57. The van der Waals surface area contributed by atoms with Gasteiger partial charge in [-0.25, -0.2) is 14.2 Å².